The van der Waals surface area contributed by atoms with Crippen molar-refractivity contribution in [2.75, 3.05) is 18.4 Å². The number of carboxylic acid groups (broad SMARTS) is 1. The lowest BCUT2D eigenvalue weighted by Crippen LogP contribution is -2.36. The molecule has 5 rings (SSSR count). The van der Waals surface area contributed by atoms with E-state index in [1.807, 2.05) is 30.3 Å². The zero-order valence-corrected chi connectivity index (χ0v) is 19.0. The minimum atomic E-state index is -0.899. The van der Waals surface area contributed by atoms with Crippen LogP contribution in [0.2, 0.25) is 0 Å². The van der Waals surface area contributed by atoms with Crippen molar-refractivity contribution >= 4 is 39.4 Å². The summed E-state index contributed by atoms with van der Waals surface area (Å²) in [4.78, 5) is 30.0. The van der Waals surface area contributed by atoms with E-state index in [4.69, 9.17) is 5.10 Å². The number of nitrogens with one attached hydrogen (secondary N) is 1. The Kier molecular flexibility index (Phi) is 5.55. The maximum absolute atomic E-state index is 13.1. The van der Waals surface area contributed by atoms with Crippen LogP contribution in [0.5, 0.6) is 0 Å². The molecular formula is C22H20BrN7O3. The van der Waals surface area contributed by atoms with Gasteiger partial charge in [0.25, 0.3) is 5.91 Å². The van der Waals surface area contributed by atoms with E-state index in [9.17, 15) is 14.7 Å². The second kappa shape index (κ2) is 8.66. The lowest BCUT2D eigenvalue weighted by Gasteiger charge is -2.28. The minimum Gasteiger partial charge on any atom is -0.465 e. The van der Waals surface area contributed by atoms with Gasteiger partial charge in [0.1, 0.15) is 11.4 Å². The fourth-order valence-electron chi connectivity index (χ4n) is 4.00. The van der Waals surface area contributed by atoms with Gasteiger partial charge in [0.15, 0.2) is 5.65 Å². The molecule has 33 heavy (non-hydrogen) atoms. The summed E-state index contributed by atoms with van der Waals surface area (Å²) < 4.78 is 4.17. The van der Waals surface area contributed by atoms with Crippen LogP contribution in [0, 0.1) is 0 Å². The number of hydrogen-bond acceptors (Lipinski definition) is 5. The fourth-order valence-corrected chi connectivity index (χ4v) is 4.27. The zero-order chi connectivity index (χ0) is 22.9. The molecule has 168 valence electrons. The van der Waals surface area contributed by atoms with Crippen LogP contribution in [0.15, 0.2) is 59.5 Å². The highest BCUT2D eigenvalue weighted by atomic mass is 79.9. The SMILES string of the molecule is O=C(Nc1cc(C2CCN(C(=O)O)CC2)nn1-c1ccc(Br)cc1)c1cnn2cccnc12. The predicted molar refractivity (Wildman–Crippen MR) is 124 cm³/mol. The van der Waals surface area contributed by atoms with Crippen molar-refractivity contribution in [2.45, 2.75) is 18.8 Å². The first-order valence-corrected chi connectivity index (χ1v) is 11.2. The number of benzene rings is 1. The normalized spacial score (nSPS) is 14.5. The lowest BCUT2D eigenvalue weighted by atomic mass is 9.94. The molecule has 0 radical (unpaired) electrons. The van der Waals surface area contributed by atoms with E-state index < -0.39 is 6.09 Å². The van der Waals surface area contributed by atoms with Crippen molar-refractivity contribution in [3.05, 3.63) is 70.7 Å². The number of aromatic nitrogens is 5. The van der Waals surface area contributed by atoms with Crippen LogP contribution in [0.3, 0.4) is 0 Å². The summed E-state index contributed by atoms with van der Waals surface area (Å²) in [6.45, 7) is 0.918. The van der Waals surface area contributed by atoms with Gasteiger partial charge in [0, 0.05) is 41.9 Å². The maximum Gasteiger partial charge on any atom is 0.407 e. The molecule has 11 heteroatoms. The Morgan fingerprint density at radius 1 is 1.15 bits per heavy atom. The van der Waals surface area contributed by atoms with Crippen LogP contribution < -0.4 is 5.32 Å². The van der Waals surface area contributed by atoms with Gasteiger partial charge < -0.3 is 15.3 Å². The first kappa shape index (κ1) is 21.1. The lowest BCUT2D eigenvalue weighted by molar-refractivity contribution is 0.102. The molecule has 0 atom stereocenters. The van der Waals surface area contributed by atoms with Gasteiger partial charge in [0.2, 0.25) is 0 Å². The van der Waals surface area contributed by atoms with Crippen LogP contribution in [0.1, 0.15) is 34.8 Å². The average molecular weight is 510 g/mol. The third-order valence-corrected chi connectivity index (χ3v) is 6.28. The number of hydrogen-bond donors (Lipinski definition) is 2. The first-order chi connectivity index (χ1) is 16.0. The number of fused-ring (bicyclic) bond motifs is 1. The molecule has 0 bridgehead atoms. The van der Waals surface area contributed by atoms with Crippen LogP contribution >= 0.6 is 15.9 Å². The van der Waals surface area contributed by atoms with Crippen molar-refractivity contribution in [3.8, 4) is 5.69 Å². The molecule has 0 aliphatic carbocycles. The van der Waals surface area contributed by atoms with E-state index in [0.717, 1.165) is 15.9 Å². The number of likely N-dealkylation sites (tertiary alicyclic amines) is 1. The number of amides is 2. The molecular weight excluding hydrogens is 490 g/mol. The number of anilines is 1. The highest BCUT2D eigenvalue weighted by molar-refractivity contribution is 9.10. The van der Waals surface area contributed by atoms with E-state index in [2.05, 4.69) is 31.3 Å². The Morgan fingerprint density at radius 3 is 2.64 bits per heavy atom. The Balaban J connectivity index is 1.46. The Hall–Kier alpha value is -3.73. The number of carbonyl (C=O) groups is 2. The smallest absolute Gasteiger partial charge is 0.407 e. The zero-order valence-electron chi connectivity index (χ0n) is 17.4. The summed E-state index contributed by atoms with van der Waals surface area (Å²) in [5.74, 6) is 0.286. The van der Waals surface area contributed by atoms with Gasteiger partial charge in [-0.25, -0.2) is 19.0 Å². The van der Waals surface area contributed by atoms with Gasteiger partial charge in [-0.3, -0.25) is 4.79 Å². The number of nitrogens with zero attached hydrogens (tertiary/aromatic N) is 6. The van der Waals surface area contributed by atoms with Gasteiger partial charge >= 0.3 is 6.09 Å². The highest BCUT2D eigenvalue weighted by Crippen LogP contribution is 2.31. The fraction of sp³-hybridized carbons (Fsp3) is 0.227. The third-order valence-electron chi connectivity index (χ3n) is 5.75. The van der Waals surface area contributed by atoms with E-state index in [0.29, 0.717) is 43.0 Å². The highest BCUT2D eigenvalue weighted by Gasteiger charge is 2.27. The van der Waals surface area contributed by atoms with E-state index in [1.54, 1.807) is 27.7 Å². The van der Waals surface area contributed by atoms with Crippen LogP contribution in [-0.2, 0) is 0 Å². The molecule has 2 N–H and O–H groups in total. The van der Waals surface area contributed by atoms with Crippen LogP contribution in [-0.4, -0.2) is 59.5 Å². The summed E-state index contributed by atoms with van der Waals surface area (Å²) in [6.07, 6.45) is 5.28. The Bertz CT molecular complexity index is 1320. The Labute approximate surface area is 197 Å². The molecule has 0 unspecified atom stereocenters. The monoisotopic (exact) mass is 509 g/mol. The van der Waals surface area contributed by atoms with Crippen LogP contribution in [0.25, 0.3) is 11.3 Å². The van der Waals surface area contributed by atoms with Gasteiger partial charge in [-0.05, 0) is 43.2 Å². The molecule has 10 nitrogen and oxygen atoms in total. The van der Waals surface area contributed by atoms with E-state index in [1.165, 1.54) is 11.1 Å². The number of rotatable bonds is 4. The van der Waals surface area contributed by atoms with Crippen molar-refractivity contribution in [2.24, 2.45) is 0 Å². The van der Waals surface area contributed by atoms with Crippen molar-refractivity contribution in [1.82, 2.24) is 29.3 Å². The topological polar surface area (TPSA) is 118 Å². The molecule has 1 fully saturated rings. The molecule has 1 saturated heterocycles. The summed E-state index contributed by atoms with van der Waals surface area (Å²) in [5.41, 5.74) is 2.43. The van der Waals surface area contributed by atoms with E-state index >= 15 is 0 Å². The maximum atomic E-state index is 13.1. The molecule has 0 spiro atoms. The molecule has 3 aromatic heterocycles. The number of carbonyl (C=O) groups excluding carboxylic acids is 1. The second-order valence-corrected chi connectivity index (χ2v) is 8.70. The first-order valence-electron chi connectivity index (χ1n) is 10.4. The summed E-state index contributed by atoms with van der Waals surface area (Å²) in [5, 5.41) is 21.1. The van der Waals surface area contributed by atoms with Gasteiger partial charge in [0.05, 0.1) is 17.6 Å². The largest absolute Gasteiger partial charge is 0.465 e. The third kappa shape index (κ3) is 4.19. The number of piperidine rings is 1. The minimum absolute atomic E-state index is 0.103. The molecule has 4 aromatic rings. The average Bonchev–Trinajstić information content (AvgIpc) is 3.44. The predicted octanol–water partition coefficient (Wildman–Crippen LogP) is 3.79. The number of halogens is 1. The van der Waals surface area contributed by atoms with Crippen molar-refractivity contribution < 1.29 is 14.7 Å². The standard InChI is InChI=1S/C22H20BrN7O3/c23-15-2-4-16(5-3-15)30-19(12-18(27-30)14-6-10-28(11-7-14)22(32)33)26-21(31)17-13-25-29-9-1-8-24-20(17)29/h1-5,8-9,12-14H,6-7,10-11H2,(H,26,31)(H,32,33). The molecule has 1 aromatic carbocycles. The molecule has 1 aliphatic rings. The van der Waals surface area contributed by atoms with Crippen LogP contribution in [0.4, 0.5) is 10.6 Å². The summed E-state index contributed by atoms with van der Waals surface area (Å²) >= 11 is 3.44. The molecule has 2 amide bonds. The van der Waals surface area contributed by atoms with E-state index in [-0.39, 0.29) is 11.8 Å². The van der Waals surface area contributed by atoms with Crippen molar-refractivity contribution in [3.63, 3.8) is 0 Å². The Morgan fingerprint density at radius 2 is 1.91 bits per heavy atom. The molecule has 1 aliphatic heterocycles. The molecule has 4 heterocycles. The summed E-state index contributed by atoms with van der Waals surface area (Å²) in [7, 11) is 0. The van der Waals surface area contributed by atoms with Gasteiger partial charge in [-0.15, -0.1) is 0 Å². The summed E-state index contributed by atoms with van der Waals surface area (Å²) in [6, 6.07) is 11.2. The quantitative estimate of drug-likeness (QED) is 0.432. The second-order valence-electron chi connectivity index (χ2n) is 7.79. The van der Waals surface area contributed by atoms with Gasteiger partial charge in [-0.1, -0.05) is 15.9 Å². The molecule has 0 saturated carbocycles. The van der Waals surface area contributed by atoms with Crippen molar-refractivity contribution in [1.29, 1.82) is 0 Å². The van der Waals surface area contributed by atoms with Gasteiger partial charge in [-0.2, -0.15) is 10.2 Å².